The number of carboxylic acids is 1. The lowest BCUT2D eigenvalue weighted by Crippen LogP contribution is -2.41. The maximum absolute atomic E-state index is 12.2. The number of β-amino-alcohol motifs (C(OH)–C–C–N with tert-alkyl or cyclic N) is 1. The fourth-order valence-corrected chi connectivity index (χ4v) is 2.23. The zero-order chi connectivity index (χ0) is 13.4. The van der Waals surface area contributed by atoms with Crippen LogP contribution in [0.1, 0.15) is 22.6 Å². The van der Waals surface area contributed by atoms with Crippen LogP contribution in [-0.4, -0.2) is 55.5 Å². The van der Waals surface area contributed by atoms with Crippen molar-refractivity contribution < 1.29 is 19.8 Å². The number of aliphatic hydroxyl groups excluding tert-OH is 1. The van der Waals surface area contributed by atoms with E-state index in [0.29, 0.717) is 11.4 Å². The average molecular weight is 253 g/mol. The van der Waals surface area contributed by atoms with E-state index in [1.54, 1.807) is 20.0 Å². The van der Waals surface area contributed by atoms with Crippen molar-refractivity contribution in [1.82, 2.24) is 14.7 Å². The summed E-state index contributed by atoms with van der Waals surface area (Å²) in [5.41, 5.74) is 1.01. The summed E-state index contributed by atoms with van der Waals surface area (Å²) < 4.78 is 1.42. The van der Waals surface area contributed by atoms with Gasteiger partial charge in [0.2, 0.25) is 0 Å². The summed E-state index contributed by atoms with van der Waals surface area (Å²) in [6.45, 7) is 1.80. The first-order valence-electron chi connectivity index (χ1n) is 5.62. The zero-order valence-electron chi connectivity index (χ0n) is 10.2. The molecule has 1 aliphatic rings. The Balaban J connectivity index is 2.28. The smallest absolute Gasteiger partial charge is 0.326 e. The van der Waals surface area contributed by atoms with Crippen LogP contribution in [0.4, 0.5) is 0 Å². The Morgan fingerprint density at radius 2 is 2.17 bits per heavy atom. The number of amides is 1. The lowest BCUT2D eigenvalue weighted by atomic mass is 10.2. The molecule has 0 spiro atoms. The van der Waals surface area contributed by atoms with Crippen LogP contribution in [0.15, 0.2) is 6.07 Å². The van der Waals surface area contributed by atoms with Crippen molar-refractivity contribution in [3.63, 3.8) is 0 Å². The van der Waals surface area contributed by atoms with E-state index >= 15 is 0 Å². The molecule has 1 aromatic heterocycles. The van der Waals surface area contributed by atoms with Gasteiger partial charge in [-0.2, -0.15) is 5.10 Å². The fourth-order valence-electron chi connectivity index (χ4n) is 2.23. The normalized spacial score (nSPS) is 23.4. The third kappa shape index (κ3) is 2.08. The second-order valence-corrected chi connectivity index (χ2v) is 4.50. The van der Waals surface area contributed by atoms with E-state index in [-0.39, 0.29) is 13.0 Å². The summed E-state index contributed by atoms with van der Waals surface area (Å²) in [5, 5.41) is 22.6. The summed E-state index contributed by atoms with van der Waals surface area (Å²) in [7, 11) is 1.63. The standard InChI is InChI=1S/C11H15N3O4/c1-6-3-8(13(2)12-6)10(16)14-5-7(15)4-9(14)11(17)18/h3,7,9,15H,4-5H2,1-2H3,(H,17,18)/t7-,9-/m0/s1. The first-order chi connectivity index (χ1) is 8.40. The number of rotatable bonds is 2. The van der Waals surface area contributed by atoms with Crippen molar-refractivity contribution in [2.24, 2.45) is 7.05 Å². The Morgan fingerprint density at radius 3 is 2.67 bits per heavy atom. The van der Waals surface area contributed by atoms with Crippen LogP contribution in [-0.2, 0) is 11.8 Å². The zero-order valence-corrected chi connectivity index (χ0v) is 10.2. The molecule has 0 saturated carbocycles. The number of aliphatic carboxylic acids is 1. The van der Waals surface area contributed by atoms with Gasteiger partial charge in [0.1, 0.15) is 11.7 Å². The lowest BCUT2D eigenvalue weighted by molar-refractivity contribution is -0.141. The Morgan fingerprint density at radius 1 is 1.50 bits per heavy atom. The molecular weight excluding hydrogens is 238 g/mol. The van der Waals surface area contributed by atoms with E-state index in [4.69, 9.17) is 5.11 Å². The SMILES string of the molecule is Cc1cc(C(=O)N2C[C@@H](O)C[C@H]2C(=O)O)n(C)n1. The maximum Gasteiger partial charge on any atom is 0.326 e. The van der Waals surface area contributed by atoms with Crippen LogP contribution >= 0.6 is 0 Å². The summed E-state index contributed by atoms with van der Waals surface area (Å²) >= 11 is 0. The Kier molecular flexibility index (Phi) is 3.08. The summed E-state index contributed by atoms with van der Waals surface area (Å²) in [6, 6.07) is 0.633. The molecular formula is C11H15N3O4. The van der Waals surface area contributed by atoms with E-state index < -0.39 is 24.0 Å². The third-order valence-corrected chi connectivity index (χ3v) is 3.05. The molecule has 0 unspecified atom stereocenters. The second kappa shape index (κ2) is 4.41. The van der Waals surface area contributed by atoms with Crippen LogP contribution in [0.25, 0.3) is 0 Å². The Labute approximate surface area is 104 Å². The summed E-state index contributed by atoms with van der Waals surface area (Å²) in [6.07, 6.45) is -0.720. The molecule has 1 aromatic rings. The highest BCUT2D eigenvalue weighted by molar-refractivity contribution is 5.95. The highest BCUT2D eigenvalue weighted by Gasteiger charge is 2.40. The molecule has 0 bridgehead atoms. The number of nitrogens with zero attached hydrogens (tertiary/aromatic N) is 3. The monoisotopic (exact) mass is 253 g/mol. The topological polar surface area (TPSA) is 95.7 Å². The van der Waals surface area contributed by atoms with Crippen molar-refractivity contribution in [2.45, 2.75) is 25.5 Å². The number of hydrogen-bond donors (Lipinski definition) is 2. The molecule has 0 aromatic carbocycles. The van der Waals surface area contributed by atoms with Gasteiger partial charge in [-0.3, -0.25) is 9.48 Å². The molecule has 7 nitrogen and oxygen atoms in total. The maximum atomic E-state index is 12.2. The average Bonchev–Trinajstić information content (AvgIpc) is 2.81. The predicted molar refractivity (Wildman–Crippen MR) is 61.0 cm³/mol. The minimum atomic E-state index is -1.10. The Bertz CT molecular complexity index is 496. The largest absolute Gasteiger partial charge is 0.480 e. The highest BCUT2D eigenvalue weighted by Crippen LogP contribution is 2.21. The van der Waals surface area contributed by atoms with Gasteiger partial charge in [0.05, 0.1) is 11.8 Å². The van der Waals surface area contributed by atoms with Gasteiger partial charge in [-0.25, -0.2) is 4.79 Å². The quantitative estimate of drug-likeness (QED) is 0.733. The van der Waals surface area contributed by atoms with Crippen molar-refractivity contribution in [2.75, 3.05) is 6.54 Å². The molecule has 1 aliphatic heterocycles. The molecule has 2 heterocycles. The second-order valence-electron chi connectivity index (χ2n) is 4.50. The van der Waals surface area contributed by atoms with Crippen LogP contribution in [0, 0.1) is 6.92 Å². The van der Waals surface area contributed by atoms with E-state index in [9.17, 15) is 14.7 Å². The van der Waals surface area contributed by atoms with Gasteiger partial charge >= 0.3 is 5.97 Å². The van der Waals surface area contributed by atoms with Gasteiger partial charge in [-0.05, 0) is 13.0 Å². The minimum absolute atomic E-state index is 0.0417. The molecule has 1 saturated heterocycles. The number of likely N-dealkylation sites (tertiary alicyclic amines) is 1. The van der Waals surface area contributed by atoms with E-state index in [1.165, 1.54) is 9.58 Å². The van der Waals surface area contributed by atoms with Gasteiger partial charge in [0.25, 0.3) is 5.91 Å². The summed E-state index contributed by atoms with van der Waals surface area (Å²) in [4.78, 5) is 24.5. The van der Waals surface area contributed by atoms with Crippen molar-refractivity contribution in [3.8, 4) is 0 Å². The van der Waals surface area contributed by atoms with Gasteiger partial charge in [0.15, 0.2) is 0 Å². The molecule has 18 heavy (non-hydrogen) atoms. The van der Waals surface area contributed by atoms with Gasteiger partial charge in [-0.15, -0.1) is 0 Å². The molecule has 0 radical (unpaired) electrons. The van der Waals surface area contributed by atoms with E-state index in [0.717, 1.165) is 0 Å². The van der Waals surface area contributed by atoms with E-state index in [1.807, 2.05) is 0 Å². The number of carboxylic acid groups (broad SMARTS) is 1. The number of carbonyl (C=O) groups is 2. The molecule has 98 valence electrons. The highest BCUT2D eigenvalue weighted by atomic mass is 16.4. The predicted octanol–water partition coefficient (Wildman–Crippen LogP) is -0.611. The third-order valence-electron chi connectivity index (χ3n) is 3.05. The lowest BCUT2D eigenvalue weighted by Gasteiger charge is -2.20. The number of hydrogen-bond acceptors (Lipinski definition) is 4. The number of aryl methyl sites for hydroxylation is 2. The van der Waals surface area contributed by atoms with Gasteiger partial charge in [-0.1, -0.05) is 0 Å². The summed E-state index contributed by atoms with van der Waals surface area (Å²) in [5.74, 6) is -1.51. The van der Waals surface area contributed by atoms with E-state index in [2.05, 4.69) is 5.10 Å². The number of carbonyl (C=O) groups excluding carboxylic acids is 1. The number of aliphatic hydroxyl groups is 1. The van der Waals surface area contributed by atoms with Gasteiger partial charge in [0, 0.05) is 20.0 Å². The first kappa shape index (κ1) is 12.6. The molecule has 0 aliphatic carbocycles. The molecule has 7 heteroatoms. The minimum Gasteiger partial charge on any atom is -0.480 e. The van der Waals surface area contributed by atoms with Crippen molar-refractivity contribution in [1.29, 1.82) is 0 Å². The molecule has 2 rings (SSSR count). The molecule has 2 N–H and O–H groups in total. The van der Waals surface area contributed by atoms with Crippen LogP contribution in [0.3, 0.4) is 0 Å². The molecule has 2 atom stereocenters. The Hall–Kier alpha value is -1.89. The fraction of sp³-hybridized carbons (Fsp3) is 0.545. The van der Waals surface area contributed by atoms with Crippen LogP contribution in [0.2, 0.25) is 0 Å². The first-order valence-corrected chi connectivity index (χ1v) is 5.62. The van der Waals surface area contributed by atoms with Gasteiger partial charge < -0.3 is 15.1 Å². The van der Waals surface area contributed by atoms with Crippen LogP contribution in [0.5, 0.6) is 0 Å². The molecule has 1 fully saturated rings. The van der Waals surface area contributed by atoms with Crippen molar-refractivity contribution >= 4 is 11.9 Å². The molecule has 1 amide bonds. The number of aromatic nitrogens is 2. The van der Waals surface area contributed by atoms with Crippen molar-refractivity contribution in [3.05, 3.63) is 17.5 Å². The van der Waals surface area contributed by atoms with Crippen LogP contribution < -0.4 is 0 Å².